The summed E-state index contributed by atoms with van der Waals surface area (Å²) in [6.07, 6.45) is 0. The van der Waals surface area contributed by atoms with Gasteiger partial charge in [0, 0.05) is 5.56 Å². The maximum absolute atomic E-state index is 13.3. The van der Waals surface area contributed by atoms with Crippen LogP contribution in [0.1, 0.15) is 11.6 Å². The zero-order chi connectivity index (χ0) is 9.84. The van der Waals surface area contributed by atoms with Crippen molar-refractivity contribution in [3.63, 3.8) is 0 Å². The summed E-state index contributed by atoms with van der Waals surface area (Å²) in [7, 11) is 1.35. The molecule has 14 heavy (non-hydrogen) atoms. The summed E-state index contributed by atoms with van der Waals surface area (Å²) < 4.78 is 30.2. The van der Waals surface area contributed by atoms with Crippen molar-refractivity contribution >= 4 is 12.4 Å². The number of halogens is 3. The number of methoxy groups -OCH3 is 1. The van der Waals surface area contributed by atoms with Crippen molar-refractivity contribution in [2.75, 3.05) is 13.8 Å². The molecule has 0 amide bonds. The van der Waals surface area contributed by atoms with Gasteiger partial charge in [0.05, 0.1) is 13.2 Å². The molecule has 1 rings (SSSR count). The normalized spacial score (nSPS) is 11.7. The van der Waals surface area contributed by atoms with E-state index in [9.17, 15) is 8.78 Å². The first-order chi connectivity index (χ1) is 6.20. The molecule has 1 atom stereocenters. The Bertz CT molecular complexity index is 296. The largest absolute Gasteiger partial charge is 0.494 e. The standard InChI is InChI=1S/C9H11F2NO.ClH/c1-13-8-4-2-3-6(9(8)11)7(12)5-10;/h2-4,7H,5,12H2,1H3;1H/t7-;/m0./s1. The second-order valence-electron chi connectivity index (χ2n) is 2.62. The van der Waals surface area contributed by atoms with Crippen molar-refractivity contribution in [3.8, 4) is 5.75 Å². The summed E-state index contributed by atoms with van der Waals surface area (Å²) in [6, 6.07) is 3.56. The maximum atomic E-state index is 13.3. The third-order valence-corrected chi connectivity index (χ3v) is 1.78. The van der Waals surface area contributed by atoms with Crippen LogP contribution in [0, 0.1) is 5.82 Å². The van der Waals surface area contributed by atoms with Crippen LogP contribution in [0.25, 0.3) is 0 Å². The molecule has 2 N–H and O–H groups in total. The zero-order valence-corrected chi connectivity index (χ0v) is 8.48. The fourth-order valence-electron chi connectivity index (χ4n) is 1.05. The molecule has 0 saturated heterocycles. The summed E-state index contributed by atoms with van der Waals surface area (Å²) >= 11 is 0. The first-order valence-electron chi connectivity index (χ1n) is 3.84. The van der Waals surface area contributed by atoms with Gasteiger partial charge in [0.25, 0.3) is 0 Å². The van der Waals surface area contributed by atoms with Crippen molar-refractivity contribution in [2.45, 2.75) is 6.04 Å². The molecule has 0 bridgehead atoms. The highest BCUT2D eigenvalue weighted by atomic mass is 35.5. The lowest BCUT2D eigenvalue weighted by Crippen LogP contribution is -2.14. The molecule has 0 saturated carbocycles. The minimum absolute atomic E-state index is 0. The van der Waals surface area contributed by atoms with E-state index in [0.29, 0.717) is 0 Å². The molecule has 0 aliphatic carbocycles. The third-order valence-electron chi connectivity index (χ3n) is 1.78. The Kier molecular flexibility index (Phi) is 5.42. The summed E-state index contributed by atoms with van der Waals surface area (Å²) in [5.74, 6) is -0.503. The minimum Gasteiger partial charge on any atom is -0.494 e. The van der Waals surface area contributed by atoms with Gasteiger partial charge < -0.3 is 10.5 Å². The molecule has 0 aromatic heterocycles. The topological polar surface area (TPSA) is 35.2 Å². The zero-order valence-electron chi connectivity index (χ0n) is 7.67. The molecule has 2 nitrogen and oxygen atoms in total. The molecule has 0 fully saturated rings. The SMILES string of the molecule is COc1cccc([C@@H](N)CF)c1F.Cl. The Morgan fingerprint density at radius 3 is 2.64 bits per heavy atom. The van der Waals surface area contributed by atoms with E-state index in [2.05, 4.69) is 0 Å². The summed E-state index contributed by atoms with van der Waals surface area (Å²) in [5, 5.41) is 0. The van der Waals surface area contributed by atoms with E-state index >= 15 is 0 Å². The van der Waals surface area contributed by atoms with Gasteiger partial charge in [0.1, 0.15) is 6.67 Å². The average Bonchev–Trinajstić information content (AvgIpc) is 2.17. The molecule has 5 heteroatoms. The van der Waals surface area contributed by atoms with Crippen LogP contribution in [0.15, 0.2) is 18.2 Å². The van der Waals surface area contributed by atoms with Crippen molar-refractivity contribution in [1.82, 2.24) is 0 Å². The molecule has 0 aliphatic heterocycles. The molecule has 0 heterocycles. The van der Waals surface area contributed by atoms with Crippen LogP contribution in [-0.4, -0.2) is 13.8 Å². The number of hydrogen-bond acceptors (Lipinski definition) is 2. The molecule has 0 radical (unpaired) electrons. The molecule has 1 aromatic rings. The van der Waals surface area contributed by atoms with E-state index in [0.717, 1.165) is 0 Å². The molecule has 0 aliphatic rings. The Hall–Kier alpha value is -0.870. The first-order valence-corrected chi connectivity index (χ1v) is 3.84. The summed E-state index contributed by atoms with van der Waals surface area (Å²) in [5.41, 5.74) is 5.49. The highest BCUT2D eigenvalue weighted by Crippen LogP contribution is 2.23. The molecule has 1 aromatic carbocycles. The number of ether oxygens (including phenoxy) is 1. The van der Waals surface area contributed by atoms with Crippen LogP contribution < -0.4 is 10.5 Å². The fraction of sp³-hybridized carbons (Fsp3) is 0.333. The lowest BCUT2D eigenvalue weighted by Gasteiger charge is -2.10. The van der Waals surface area contributed by atoms with Crippen LogP contribution >= 0.6 is 12.4 Å². The number of rotatable bonds is 3. The molecule has 0 unspecified atom stereocenters. The van der Waals surface area contributed by atoms with E-state index in [1.807, 2.05) is 0 Å². The van der Waals surface area contributed by atoms with Crippen LogP contribution in [0.5, 0.6) is 5.75 Å². The lowest BCUT2D eigenvalue weighted by atomic mass is 10.1. The number of benzene rings is 1. The summed E-state index contributed by atoms with van der Waals surface area (Å²) in [6.45, 7) is -0.788. The predicted molar refractivity (Wildman–Crippen MR) is 53.1 cm³/mol. The van der Waals surface area contributed by atoms with Crippen LogP contribution in [-0.2, 0) is 0 Å². The first kappa shape index (κ1) is 13.1. The Morgan fingerprint density at radius 2 is 2.14 bits per heavy atom. The van der Waals surface area contributed by atoms with Crippen LogP contribution in [0.2, 0.25) is 0 Å². The van der Waals surface area contributed by atoms with Gasteiger partial charge in [-0.2, -0.15) is 0 Å². The molecule has 80 valence electrons. The molecular weight excluding hydrogens is 212 g/mol. The van der Waals surface area contributed by atoms with Gasteiger partial charge in [0.2, 0.25) is 0 Å². The second kappa shape index (κ2) is 5.78. The van der Waals surface area contributed by atoms with Gasteiger partial charge in [-0.1, -0.05) is 12.1 Å². The Labute approximate surface area is 87.5 Å². The van der Waals surface area contributed by atoms with Gasteiger partial charge >= 0.3 is 0 Å². The molecule has 0 spiro atoms. The van der Waals surface area contributed by atoms with E-state index in [1.54, 1.807) is 6.07 Å². The predicted octanol–water partition coefficient (Wildman–Crippen LogP) is 2.23. The van der Waals surface area contributed by atoms with Gasteiger partial charge in [-0.25, -0.2) is 8.78 Å². The van der Waals surface area contributed by atoms with Crippen molar-refractivity contribution in [3.05, 3.63) is 29.6 Å². The lowest BCUT2D eigenvalue weighted by molar-refractivity contribution is 0.375. The fourth-order valence-corrected chi connectivity index (χ4v) is 1.05. The van der Waals surface area contributed by atoms with Crippen molar-refractivity contribution in [2.24, 2.45) is 5.73 Å². The Morgan fingerprint density at radius 1 is 1.50 bits per heavy atom. The third kappa shape index (κ3) is 2.56. The van der Waals surface area contributed by atoms with E-state index in [-0.39, 0.29) is 23.7 Å². The van der Waals surface area contributed by atoms with Gasteiger partial charge in [-0.15, -0.1) is 12.4 Å². The maximum Gasteiger partial charge on any atom is 0.169 e. The van der Waals surface area contributed by atoms with Crippen LogP contribution in [0.3, 0.4) is 0 Å². The van der Waals surface area contributed by atoms with Gasteiger partial charge in [-0.3, -0.25) is 0 Å². The van der Waals surface area contributed by atoms with E-state index in [4.69, 9.17) is 10.5 Å². The molecular formula is C9H12ClF2NO. The van der Waals surface area contributed by atoms with E-state index in [1.165, 1.54) is 19.2 Å². The van der Waals surface area contributed by atoms with E-state index < -0.39 is 18.5 Å². The Balaban J connectivity index is 0.00000169. The number of nitrogens with two attached hydrogens (primary N) is 1. The quantitative estimate of drug-likeness (QED) is 0.853. The highest BCUT2D eigenvalue weighted by molar-refractivity contribution is 5.85. The van der Waals surface area contributed by atoms with Crippen molar-refractivity contribution < 1.29 is 13.5 Å². The monoisotopic (exact) mass is 223 g/mol. The van der Waals surface area contributed by atoms with Gasteiger partial charge in [0.15, 0.2) is 11.6 Å². The smallest absolute Gasteiger partial charge is 0.169 e. The summed E-state index contributed by atoms with van der Waals surface area (Å²) in [4.78, 5) is 0. The average molecular weight is 224 g/mol. The number of alkyl halides is 1. The van der Waals surface area contributed by atoms with Crippen molar-refractivity contribution in [1.29, 1.82) is 0 Å². The van der Waals surface area contributed by atoms with Crippen LogP contribution in [0.4, 0.5) is 8.78 Å². The van der Waals surface area contributed by atoms with Gasteiger partial charge in [-0.05, 0) is 6.07 Å². The second-order valence-corrected chi connectivity index (χ2v) is 2.62. The minimum atomic E-state index is -0.921. The number of hydrogen-bond donors (Lipinski definition) is 1. The highest BCUT2D eigenvalue weighted by Gasteiger charge is 2.14.